The third-order valence-corrected chi connectivity index (χ3v) is 12.9. The average molecular weight is 441 g/mol. The van der Waals surface area contributed by atoms with E-state index in [2.05, 4.69) is 73.7 Å². The summed E-state index contributed by atoms with van der Waals surface area (Å²) in [5.74, 6) is 1.58. The second kappa shape index (κ2) is 10.6. The van der Waals surface area contributed by atoms with Crippen molar-refractivity contribution in [1.29, 1.82) is 0 Å². The van der Waals surface area contributed by atoms with Crippen LogP contribution in [-0.2, 0) is 18.6 Å². The Morgan fingerprint density at radius 1 is 1.03 bits per heavy atom. The number of ether oxygens (including phenoxy) is 3. The fourth-order valence-corrected chi connectivity index (χ4v) is 7.28. The largest absolute Gasteiger partial charge is 0.414 e. The van der Waals surface area contributed by atoms with Gasteiger partial charge < -0.3 is 18.6 Å². The van der Waals surface area contributed by atoms with E-state index in [1.54, 1.807) is 7.11 Å². The van der Waals surface area contributed by atoms with Crippen LogP contribution < -0.4 is 0 Å². The highest BCUT2D eigenvalue weighted by Crippen LogP contribution is 2.45. The van der Waals surface area contributed by atoms with Crippen molar-refractivity contribution in [2.75, 3.05) is 13.7 Å². The molecule has 7 atom stereocenters. The van der Waals surface area contributed by atoms with Gasteiger partial charge in [0.1, 0.15) is 0 Å². The molecule has 2 aliphatic heterocycles. The van der Waals surface area contributed by atoms with E-state index in [0.29, 0.717) is 23.9 Å². The minimum absolute atomic E-state index is 0.177. The molecule has 5 heteroatoms. The van der Waals surface area contributed by atoms with Crippen LogP contribution in [0.3, 0.4) is 0 Å². The molecule has 2 heterocycles. The van der Waals surface area contributed by atoms with Crippen molar-refractivity contribution in [2.24, 2.45) is 17.8 Å². The first-order valence-corrected chi connectivity index (χ1v) is 14.9. The third kappa shape index (κ3) is 5.98. The summed E-state index contributed by atoms with van der Waals surface area (Å²) in [7, 11) is -0.0332. The highest BCUT2D eigenvalue weighted by Gasteiger charge is 2.44. The topological polar surface area (TPSA) is 36.9 Å². The molecule has 2 unspecified atom stereocenters. The lowest BCUT2D eigenvalue weighted by molar-refractivity contribution is 0.00615. The minimum atomic E-state index is -1.82. The van der Waals surface area contributed by atoms with E-state index in [1.165, 1.54) is 0 Å². The Morgan fingerprint density at radius 2 is 1.67 bits per heavy atom. The van der Waals surface area contributed by atoms with Gasteiger partial charge in [0, 0.05) is 13.0 Å². The second-order valence-corrected chi connectivity index (χ2v) is 15.7. The van der Waals surface area contributed by atoms with Crippen molar-refractivity contribution in [3.63, 3.8) is 0 Å². The molecular weight excluding hydrogens is 392 g/mol. The predicted octanol–water partition coefficient (Wildman–Crippen LogP) is 6.21. The van der Waals surface area contributed by atoms with Crippen molar-refractivity contribution in [2.45, 2.75) is 116 Å². The van der Waals surface area contributed by atoms with E-state index in [4.69, 9.17) is 18.6 Å². The van der Waals surface area contributed by atoms with Crippen LogP contribution in [0.25, 0.3) is 0 Å². The Kier molecular flexibility index (Phi) is 9.21. The molecule has 2 aliphatic rings. The lowest BCUT2D eigenvalue weighted by atomic mass is 9.94. The molecule has 0 aromatic rings. The van der Waals surface area contributed by atoms with Crippen molar-refractivity contribution in [1.82, 2.24) is 0 Å². The van der Waals surface area contributed by atoms with Gasteiger partial charge in [0.25, 0.3) is 0 Å². The highest BCUT2D eigenvalue weighted by molar-refractivity contribution is 6.74. The lowest BCUT2D eigenvalue weighted by Crippen LogP contribution is -2.47. The van der Waals surface area contributed by atoms with E-state index >= 15 is 0 Å². The number of allylic oxidation sites excluding steroid dienone is 1. The first-order valence-electron chi connectivity index (χ1n) is 12.0. The Balaban J connectivity index is 1.86. The Bertz CT molecular complexity index is 559. The van der Waals surface area contributed by atoms with Crippen LogP contribution in [-0.4, -0.2) is 52.6 Å². The molecule has 2 rings (SSSR count). The zero-order chi connectivity index (χ0) is 22.7. The predicted molar refractivity (Wildman–Crippen MR) is 127 cm³/mol. The van der Waals surface area contributed by atoms with Gasteiger partial charge in [0.2, 0.25) is 0 Å². The molecule has 0 bridgehead atoms. The average Bonchev–Trinajstić information content (AvgIpc) is 3.15. The van der Waals surface area contributed by atoms with Crippen molar-refractivity contribution in [3.05, 3.63) is 12.2 Å². The molecule has 0 radical (unpaired) electrons. The molecule has 0 aromatic heterocycles. The van der Waals surface area contributed by atoms with Crippen LogP contribution in [0, 0.1) is 17.8 Å². The molecule has 30 heavy (non-hydrogen) atoms. The molecule has 4 nitrogen and oxygen atoms in total. The summed E-state index contributed by atoms with van der Waals surface area (Å²) in [6, 6.07) is 0. The molecular formula is C25H48O4Si. The van der Waals surface area contributed by atoms with Gasteiger partial charge in [-0.05, 0) is 63.1 Å². The van der Waals surface area contributed by atoms with Crippen molar-refractivity contribution in [3.8, 4) is 0 Å². The molecule has 0 aliphatic carbocycles. The molecule has 2 saturated heterocycles. The van der Waals surface area contributed by atoms with Crippen LogP contribution in [0.5, 0.6) is 0 Å². The van der Waals surface area contributed by atoms with Gasteiger partial charge in [0.15, 0.2) is 8.32 Å². The van der Waals surface area contributed by atoms with Gasteiger partial charge in [-0.3, -0.25) is 0 Å². The maximum Gasteiger partial charge on any atom is 0.192 e. The van der Waals surface area contributed by atoms with Crippen LogP contribution >= 0.6 is 0 Å². The molecule has 0 amide bonds. The van der Waals surface area contributed by atoms with E-state index in [-0.39, 0.29) is 29.5 Å². The fourth-order valence-electron chi connectivity index (χ4n) is 4.93. The molecule has 2 fully saturated rings. The normalized spacial score (nSPS) is 35.8. The Labute approximate surface area is 187 Å². The zero-order valence-corrected chi connectivity index (χ0v) is 22.2. The number of rotatable bonds is 10. The van der Waals surface area contributed by atoms with E-state index in [9.17, 15) is 0 Å². The summed E-state index contributed by atoms with van der Waals surface area (Å²) in [6.07, 6.45) is 8.93. The quantitative estimate of drug-likeness (QED) is 0.299. The van der Waals surface area contributed by atoms with Crippen LogP contribution in [0.15, 0.2) is 12.2 Å². The number of hydrogen-bond donors (Lipinski definition) is 0. The molecule has 0 N–H and O–H groups in total. The summed E-state index contributed by atoms with van der Waals surface area (Å²) < 4.78 is 24.6. The summed E-state index contributed by atoms with van der Waals surface area (Å²) in [4.78, 5) is 0. The summed E-state index contributed by atoms with van der Waals surface area (Å²) in [5.41, 5.74) is 0. The highest BCUT2D eigenvalue weighted by atomic mass is 28.4. The molecule has 0 saturated carbocycles. The first kappa shape index (κ1) is 26.1. The number of hydrogen-bond acceptors (Lipinski definition) is 4. The van der Waals surface area contributed by atoms with Gasteiger partial charge in [-0.2, -0.15) is 0 Å². The fraction of sp³-hybridized carbons (Fsp3) is 0.920. The maximum absolute atomic E-state index is 6.61. The van der Waals surface area contributed by atoms with E-state index < -0.39 is 8.32 Å². The van der Waals surface area contributed by atoms with E-state index in [0.717, 1.165) is 25.9 Å². The van der Waals surface area contributed by atoms with Gasteiger partial charge in [-0.1, -0.05) is 46.8 Å². The second-order valence-electron chi connectivity index (χ2n) is 11.1. The third-order valence-electron chi connectivity index (χ3n) is 8.37. The lowest BCUT2D eigenvalue weighted by Gasteiger charge is -2.43. The van der Waals surface area contributed by atoms with E-state index in [1.807, 2.05) is 0 Å². The molecule has 176 valence electrons. The zero-order valence-electron chi connectivity index (χ0n) is 21.2. The van der Waals surface area contributed by atoms with Gasteiger partial charge >= 0.3 is 0 Å². The first-order chi connectivity index (χ1) is 13.9. The van der Waals surface area contributed by atoms with Crippen LogP contribution in [0.2, 0.25) is 18.1 Å². The SMILES string of the molecule is COC1[C@H](C)O[C@H](C/C=C\CC2C[C@H](C)O[C@@H]2CO[Si](C)(C)C(C)(C)C(C)C)[C@@H]1C. The minimum Gasteiger partial charge on any atom is -0.414 e. The monoisotopic (exact) mass is 440 g/mol. The van der Waals surface area contributed by atoms with Crippen molar-refractivity contribution < 1.29 is 18.6 Å². The Morgan fingerprint density at radius 3 is 2.23 bits per heavy atom. The van der Waals surface area contributed by atoms with Gasteiger partial charge in [-0.15, -0.1) is 0 Å². The van der Waals surface area contributed by atoms with Crippen LogP contribution in [0.4, 0.5) is 0 Å². The summed E-state index contributed by atoms with van der Waals surface area (Å²) in [6.45, 7) is 21.3. The summed E-state index contributed by atoms with van der Waals surface area (Å²) in [5, 5.41) is 0.238. The van der Waals surface area contributed by atoms with Crippen LogP contribution in [0.1, 0.15) is 67.7 Å². The molecule has 0 spiro atoms. The standard InChI is InChI=1S/C25H48O4Si/c1-17(2)25(6,7)30(9,10)27-16-23-21(15-18(3)28-23)13-11-12-14-22-19(4)24(26-8)20(5)29-22/h11-12,17-24H,13-16H2,1-10H3/b12-11-/t18-,19-,20-,21?,22+,23+,24?/m0/s1. The van der Waals surface area contributed by atoms with Gasteiger partial charge in [-0.25, -0.2) is 0 Å². The Hall–Kier alpha value is -0.203. The maximum atomic E-state index is 6.61. The van der Waals surface area contributed by atoms with Gasteiger partial charge in [0.05, 0.1) is 37.1 Å². The number of methoxy groups -OCH3 is 1. The summed E-state index contributed by atoms with van der Waals surface area (Å²) >= 11 is 0. The van der Waals surface area contributed by atoms with Crippen molar-refractivity contribution >= 4 is 8.32 Å². The smallest absolute Gasteiger partial charge is 0.192 e. The molecule has 0 aromatic carbocycles.